The molecular weight excluding hydrogens is 428 g/mol. The molecule has 6 heteroatoms. The molecule has 0 fully saturated rings. The summed E-state index contributed by atoms with van der Waals surface area (Å²) >= 11 is 7.33. The Hall–Kier alpha value is -3.02. The van der Waals surface area contributed by atoms with Crippen molar-refractivity contribution in [2.24, 2.45) is 0 Å². The van der Waals surface area contributed by atoms with Crippen LogP contribution in [0, 0.1) is 6.92 Å². The Bertz CT molecular complexity index is 1190. The highest BCUT2D eigenvalue weighted by atomic mass is 35.5. The van der Waals surface area contributed by atoms with E-state index < -0.39 is 0 Å². The van der Waals surface area contributed by atoms with Gasteiger partial charge in [-0.3, -0.25) is 9.59 Å². The Morgan fingerprint density at radius 1 is 1.10 bits per heavy atom. The minimum atomic E-state index is -0.190. The van der Waals surface area contributed by atoms with Crippen molar-refractivity contribution in [3.05, 3.63) is 98.9 Å². The number of nitrogens with one attached hydrogen (secondary N) is 1. The second-order valence-corrected chi connectivity index (χ2v) is 8.90. The number of amides is 2. The summed E-state index contributed by atoms with van der Waals surface area (Å²) in [5.41, 5.74) is 4.34. The number of halogens is 1. The van der Waals surface area contributed by atoms with Crippen molar-refractivity contribution in [1.82, 2.24) is 5.32 Å². The smallest absolute Gasteiger partial charge is 0.264 e. The number of benzene rings is 3. The maximum absolute atomic E-state index is 12.9. The average molecular weight is 449 g/mol. The maximum Gasteiger partial charge on any atom is 0.264 e. The summed E-state index contributed by atoms with van der Waals surface area (Å²) in [5, 5.41) is 3.57. The van der Waals surface area contributed by atoms with Crippen molar-refractivity contribution in [2.75, 3.05) is 11.9 Å². The van der Waals surface area contributed by atoms with Crippen LogP contribution in [0.15, 0.2) is 76.5 Å². The first-order chi connectivity index (χ1) is 14.9. The van der Waals surface area contributed by atoms with Gasteiger partial charge in [-0.1, -0.05) is 65.3 Å². The largest absolute Gasteiger partial charge is 0.348 e. The Labute approximate surface area is 190 Å². The third-order valence-electron chi connectivity index (χ3n) is 5.02. The van der Waals surface area contributed by atoms with Gasteiger partial charge in [0.2, 0.25) is 0 Å². The van der Waals surface area contributed by atoms with Crippen LogP contribution < -0.4 is 10.2 Å². The van der Waals surface area contributed by atoms with E-state index in [9.17, 15) is 9.59 Å². The van der Waals surface area contributed by atoms with Crippen LogP contribution in [-0.4, -0.2) is 18.9 Å². The second kappa shape index (κ2) is 9.00. The molecule has 4 rings (SSSR count). The minimum absolute atomic E-state index is 0.0854. The lowest BCUT2D eigenvalue weighted by Gasteiger charge is -2.27. The van der Waals surface area contributed by atoms with Gasteiger partial charge in [-0.2, -0.15) is 0 Å². The van der Waals surface area contributed by atoms with E-state index in [1.54, 1.807) is 36.2 Å². The van der Waals surface area contributed by atoms with Crippen LogP contribution in [-0.2, 0) is 11.3 Å². The molecular formula is C25H21ClN2O2S. The fraction of sp³-hybridized carbons (Fsp3) is 0.120. The highest BCUT2D eigenvalue weighted by Crippen LogP contribution is 2.42. The lowest BCUT2D eigenvalue weighted by Crippen LogP contribution is -2.31. The Morgan fingerprint density at radius 2 is 1.87 bits per heavy atom. The molecule has 0 saturated heterocycles. The first-order valence-corrected chi connectivity index (χ1v) is 11.0. The molecule has 3 aromatic carbocycles. The van der Waals surface area contributed by atoms with Crippen LogP contribution in [0.5, 0.6) is 0 Å². The van der Waals surface area contributed by atoms with E-state index in [0.29, 0.717) is 22.0 Å². The number of rotatable bonds is 4. The molecule has 1 aliphatic heterocycles. The van der Waals surface area contributed by atoms with Gasteiger partial charge in [0.05, 0.1) is 10.6 Å². The van der Waals surface area contributed by atoms with Crippen LogP contribution in [0.1, 0.15) is 27.0 Å². The third kappa shape index (κ3) is 4.84. The molecule has 0 radical (unpaired) electrons. The molecule has 2 amide bonds. The topological polar surface area (TPSA) is 49.4 Å². The number of likely N-dealkylation sites (N-methyl/N-ethyl adjacent to an activating group) is 1. The first kappa shape index (κ1) is 21.2. The van der Waals surface area contributed by atoms with E-state index in [4.69, 9.17) is 11.6 Å². The normalized spacial score (nSPS) is 14.5. The van der Waals surface area contributed by atoms with Crippen LogP contribution in [0.3, 0.4) is 0 Å². The molecule has 1 N–H and O–H groups in total. The first-order valence-electron chi connectivity index (χ1n) is 9.82. The Balaban J connectivity index is 1.53. The molecule has 4 nitrogen and oxygen atoms in total. The molecule has 1 aliphatic rings. The standard InChI is InChI=1S/C25H21ClN2O2S/c1-16-4-3-5-18(12-16)13-23-25(30)28(2)21-14-19(8-11-22(21)31-23)24(29)27-15-17-6-9-20(26)10-7-17/h3-14H,15H2,1-2H3,(H,27,29). The van der Waals surface area contributed by atoms with Crippen molar-refractivity contribution in [3.8, 4) is 0 Å². The Kier molecular flexibility index (Phi) is 6.16. The van der Waals surface area contributed by atoms with E-state index in [2.05, 4.69) is 5.32 Å². The number of aryl methyl sites for hydroxylation is 1. The number of anilines is 1. The second-order valence-electron chi connectivity index (χ2n) is 7.38. The monoisotopic (exact) mass is 448 g/mol. The Morgan fingerprint density at radius 3 is 2.61 bits per heavy atom. The van der Waals surface area contributed by atoms with Gasteiger partial charge in [0.15, 0.2) is 0 Å². The number of thioether (sulfide) groups is 1. The quantitative estimate of drug-likeness (QED) is 0.522. The fourth-order valence-electron chi connectivity index (χ4n) is 3.33. The zero-order valence-electron chi connectivity index (χ0n) is 17.2. The molecule has 0 spiro atoms. The average Bonchev–Trinajstić information content (AvgIpc) is 2.76. The highest BCUT2D eigenvalue weighted by Gasteiger charge is 2.27. The number of hydrogen-bond donors (Lipinski definition) is 1. The van der Waals surface area contributed by atoms with E-state index in [1.807, 2.05) is 55.5 Å². The molecule has 0 saturated carbocycles. The summed E-state index contributed by atoms with van der Waals surface area (Å²) in [5.74, 6) is -0.276. The summed E-state index contributed by atoms with van der Waals surface area (Å²) in [6, 6.07) is 20.8. The number of fused-ring (bicyclic) bond motifs is 1. The summed E-state index contributed by atoms with van der Waals surface area (Å²) in [4.78, 5) is 28.8. The molecule has 156 valence electrons. The molecule has 31 heavy (non-hydrogen) atoms. The SMILES string of the molecule is Cc1cccc(C=C2Sc3ccc(C(=O)NCc4ccc(Cl)cc4)cc3N(C)C2=O)c1. The van der Waals surface area contributed by atoms with E-state index >= 15 is 0 Å². The van der Waals surface area contributed by atoms with Crippen molar-refractivity contribution < 1.29 is 9.59 Å². The van der Waals surface area contributed by atoms with Crippen molar-refractivity contribution in [2.45, 2.75) is 18.4 Å². The van der Waals surface area contributed by atoms with Crippen LogP contribution in [0.25, 0.3) is 6.08 Å². The molecule has 0 aromatic heterocycles. The summed E-state index contributed by atoms with van der Waals surface area (Å²) in [6.45, 7) is 2.43. The maximum atomic E-state index is 12.9. The van der Waals surface area contributed by atoms with Crippen LogP contribution in [0.2, 0.25) is 5.02 Å². The van der Waals surface area contributed by atoms with E-state index in [0.717, 1.165) is 27.3 Å². The highest BCUT2D eigenvalue weighted by molar-refractivity contribution is 8.04. The summed E-state index contributed by atoms with van der Waals surface area (Å²) in [6.07, 6.45) is 1.91. The number of carbonyl (C=O) groups is 2. The fourth-order valence-corrected chi connectivity index (χ4v) is 4.55. The van der Waals surface area contributed by atoms with Crippen molar-refractivity contribution in [1.29, 1.82) is 0 Å². The van der Waals surface area contributed by atoms with Gasteiger partial charge in [0.25, 0.3) is 11.8 Å². The zero-order chi connectivity index (χ0) is 22.0. The van der Waals surface area contributed by atoms with Gasteiger partial charge in [0.1, 0.15) is 0 Å². The van der Waals surface area contributed by atoms with Gasteiger partial charge in [0, 0.05) is 29.1 Å². The van der Waals surface area contributed by atoms with E-state index in [-0.39, 0.29) is 11.8 Å². The zero-order valence-corrected chi connectivity index (χ0v) is 18.8. The van der Waals surface area contributed by atoms with Gasteiger partial charge >= 0.3 is 0 Å². The summed E-state index contributed by atoms with van der Waals surface area (Å²) < 4.78 is 0. The van der Waals surface area contributed by atoms with Gasteiger partial charge < -0.3 is 10.2 Å². The lowest BCUT2D eigenvalue weighted by atomic mass is 10.1. The number of hydrogen-bond acceptors (Lipinski definition) is 3. The number of nitrogens with zero attached hydrogens (tertiary/aromatic N) is 1. The van der Waals surface area contributed by atoms with Crippen LogP contribution >= 0.6 is 23.4 Å². The van der Waals surface area contributed by atoms with Crippen molar-refractivity contribution in [3.63, 3.8) is 0 Å². The minimum Gasteiger partial charge on any atom is -0.348 e. The van der Waals surface area contributed by atoms with E-state index in [1.165, 1.54) is 11.8 Å². The predicted octanol–water partition coefficient (Wildman–Crippen LogP) is 5.69. The van der Waals surface area contributed by atoms with Gasteiger partial charge in [-0.05, 0) is 54.5 Å². The summed E-state index contributed by atoms with van der Waals surface area (Å²) in [7, 11) is 1.74. The lowest BCUT2D eigenvalue weighted by molar-refractivity contribution is -0.114. The predicted molar refractivity (Wildman–Crippen MR) is 127 cm³/mol. The molecule has 0 aliphatic carbocycles. The van der Waals surface area contributed by atoms with Crippen LogP contribution in [0.4, 0.5) is 5.69 Å². The number of carbonyl (C=O) groups excluding carboxylic acids is 2. The molecule has 0 bridgehead atoms. The molecule has 3 aromatic rings. The third-order valence-corrected chi connectivity index (χ3v) is 6.35. The molecule has 0 unspecified atom stereocenters. The molecule has 1 heterocycles. The molecule has 0 atom stereocenters. The van der Waals surface area contributed by atoms with Gasteiger partial charge in [-0.25, -0.2) is 0 Å². The van der Waals surface area contributed by atoms with Crippen molar-refractivity contribution >= 4 is 46.9 Å². The van der Waals surface area contributed by atoms with Gasteiger partial charge in [-0.15, -0.1) is 0 Å².